The Balaban J connectivity index is 1.97. The molecule has 1 aliphatic rings. The van der Waals surface area contributed by atoms with Crippen LogP contribution in [0, 0.1) is 18.7 Å². The predicted octanol–water partition coefficient (Wildman–Crippen LogP) is 3.25. The van der Waals surface area contributed by atoms with Gasteiger partial charge >= 0.3 is 0 Å². The third-order valence-electron chi connectivity index (χ3n) is 4.16. The van der Waals surface area contributed by atoms with E-state index >= 15 is 0 Å². The molecule has 0 saturated carbocycles. The van der Waals surface area contributed by atoms with Crippen LogP contribution in [0.4, 0.5) is 4.39 Å². The van der Waals surface area contributed by atoms with Gasteiger partial charge in [-0.1, -0.05) is 11.6 Å². The first-order valence-corrected chi connectivity index (χ1v) is 7.78. The summed E-state index contributed by atoms with van der Waals surface area (Å²) in [6.07, 6.45) is 3.29. The van der Waals surface area contributed by atoms with Crippen LogP contribution in [0.5, 0.6) is 0 Å². The number of rotatable bonds is 4. The van der Waals surface area contributed by atoms with Crippen LogP contribution in [-0.4, -0.2) is 37.5 Å². The molecule has 1 N–H and O–H groups in total. The molecule has 0 aromatic heterocycles. The van der Waals surface area contributed by atoms with E-state index in [4.69, 9.17) is 11.6 Å². The summed E-state index contributed by atoms with van der Waals surface area (Å²) in [5.74, 6) is 0.0501. The molecule has 116 valence electrons. The molecule has 2 rings (SSSR count). The Bertz CT molecular complexity index is 515. The maximum Gasteiger partial charge on any atom is 0.255 e. The molecule has 5 heteroatoms. The van der Waals surface area contributed by atoms with Gasteiger partial charge in [0.1, 0.15) is 5.82 Å². The number of piperidine rings is 1. The second-order valence-electron chi connectivity index (χ2n) is 5.79. The van der Waals surface area contributed by atoms with Crippen molar-refractivity contribution in [3.05, 3.63) is 34.1 Å². The van der Waals surface area contributed by atoms with Gasteiger partial charge in [-0.15, -0.1) is 0 Å². The molecule has 1 aromatic carbocycles. The zero-order chi connectivity index (χ0) is 15.4. The van der Waals surface area contributed by atoms with E-state index in [2.05, 4.69) is 5.32 Å². The van der Waals surface area contributed by atoms with E-state index in [-0.39, 0.29) is 11.5 Å². The number of nitrogens with one attached hydrogen (secondary N) is 1. The standard InChI is InChI=1S/C16H22ClFN2O/c1-11-9-14(17)13(10-15(11)18)16(21)20(2)8-5-12-3-6-19-7-4-12/h9-10,12,19H,3-8H2,1-2H3. The molecule has 0 spiro atoms. The maximum atomic E-state index is 13.6. The predicted molar refractivity (Wildman–Crippen MR) is 83.3 cm³/mol. The maximum absolute atomic E-state index is 13.6. The van der Waals surface area contributed by atoms with Gasteiger partial charge in [0.25, 0.3) is 5.91 Å². The molecular formula is C16H22ClFN2O. The van der Waals surface area contributed by atoms with Crippen LogP contribution in [0.2, 0.25) is 5.02 Å². The molecule has 0 unspecified atom stereocenters. The minimum absolute atomic E-state index is 0.215. The van der Waals surface area contributed by atoms with Crippen molar-refractivity contribution in [3.8, 4) is 0 Å². The fourth-order valence-corrected chi connectivity index (χ4v) is 2.96. The lowest BCUT2D eigenvalue weighted by atomic mass is 9.94. The molecular weight excluding hydrogens is 291 g/mol. The van der Waals surface area contributed by atoms with Crippen molar-refractivity contribution >= 4 is 17.5 Å². The highest BCUT2D eigenvalue weighted by Crippen LogP contribution is 2.22. The quantitative estimate of drug-likeness (QED) is 0.925. The van der Waals surface area contributed by atoms with Crippen molar-refractivity contribution in [2.24, 2.45) is 5.92 Å². The van der Waals surface area contributed by atoms with E-state index in [1.807, 2.05) is 0 Å². The summed E-state index contributed by atoms with van der Waals surface area (Å²) < 4.78 is 13.6. The normalized spacial score (nSPS) is 16.0. The summed E-state index contributed by atoms with van der Waals surface area (Å²) in [6.45, 7) is 4.42. The second-order valence-corrected chi connectivity index (χ2v) is 6.20. The van der Waals surface area contributed by atoms with Gasteiger partial charge in [-0.25, -0.2) is 4.39 Å². The Morgan fingerprint density at radius 2 is 2.10 bits per heavy atom. The summed E-state index contributed by atoms with van der Waals surface area (Å²) >= 11 is 6.07. The Kier molecular flexibility index (Phi) is 5.59. The number of carbonyl (C=O) groups is 1. The van der Waals surface area contributed by atoms with Crippen molar-refractivity contribution in [3.63, 3.8) is 0 Å². The van der Waals surface area contributed by atoms with Crippen LogP contribution < -0.4 is 5.32 Å². The number of carbonyl (C=O) groups excluding carboxylic acids is 1. The summed E-state index contributed by atoms with van der Waals surface area (Å²) in [5, 5.41) is 3.64. The van der Waals surface area contributed by atoms with E-state index in [0.29, 0.717) is 23.0 Å². The van der Waals surface area contributed by atoms with Gasteiger partial charge in [0.2, 0.25) is 0 Å². The van der Waals surface area contributed by atoms with Crippen LogP contribution in [0.15, 0.2) is 12.1 Å². The minimum atomic E-state index is -0.394. The van der Waals surface area contributed by atoms with Crippen LogP contribution in [0.3, 0.4) is 0 Å². The average molecular weight is 313 g/mol. The molecule has 0 atom stereocenters. The van der Waals surface area contributed by atoms with Crippen molar-refractivity contribution in [2.75, 3.05) is 26.7 Å². The van der Waals surface area contributed by atoms with E-state index in [1.165, 1.54) is 12.1 Å². The number of halogens is 2. The topological polar surface area (TPSA) is 32.3 Å². The molecule has 1 amide bonds. The minimum Gasteiger partial charge on any atom is -0.342 e. The van der Waals surface area contributed by atoms with Crippen molar-refractivity contribution in [1.82, 2.24) is 10.2 Å². The number of hydrogen-bond acceptors (Lipinski definition) is 2. The fourth-order valence-electron chi connectivity index (χ4n) is 2.66. The monoisotopic (exact) mass is 312 g/mol. The Morgan fingerprint density at radius 3 is 2.76 bits per heavy atom. The molecule has 1 heterocycles. The number of benzene rings is 1. The van der Waals surface area contributed by atoms with Gasteiger partial charge in [0.15, 0.2) is 0 Å². The first-order chi connectivity index (χ1) is 9.99. The first-order valence-electron chi connectivity index (χ1n) is 7.41. The van der Waals surface area contributed by atoms with Crippen molar-refractivity contribution in [2.45, 2.75) is 26.2 Å². The van der Waals surface area contributed by atoms with Crippen LogP contribution in [-0.2, 0) is 0 Å². The van der Waals surface area contributed by atoms with E-state index in [9.17, 15) is 9.18 Å². The summed E-state index contributed by atoms with van der Waals surface area (Å²) in [7, 11) is 1.75. The SMILES string of the molecule is Cc1cc(Cl)c(C(=O)N(C)CCC2CCNCC2)cc1F. The van der Waals surface area contributed by atoms with Gasteiger partial charge in [0, 0.05) is 13.6 Å². The fraction of sp³-hybridized carbons (Fsp3) is 0.562. The average Bonchev–Trinajstić information content (AvgIpc) is 2.49. The highest BCUT2D eigenvalue weighted by atomic mass is 35.5. The number of hydrogen-bond donors (Lipinski definition) is 1. The lowest BCUT2D eigenvalue weighted by molar-refractivity contribution is 0.0784. The van der Waals surface area contributed by atoms with Crippen LogP contribution >= 0.6 is 11.6 Å². The zero-order valence-corrected chi connectivity index (χ0v) is 13.3. The molecule has 0 radical (unpaired) electrons. The highest BCUT2D eigenvalue weighted by molar-refractivity contribution is 6.33. The number of aryl methyl sites for hydroxylation is 1. The summed E-state index contributed by atoms with van der Waals surface area (Å²) in [6, 6.07) is 2.74. The molecule has 0 aliphatic carbocycles. The van der Waals surface area contributed by atoms with Crippen LogP contribution in [0.25, 0.3) is 0 Å². The first kappa shape index (κ1) is 16.2. The van der Waals surface area contributed by atoms with E-state index in [0.717, 1.165) is 32.4 Å². The Morgan fingerprint density at radius 1 is 1.43 bits per heavy atom. The van der Waals surface area contributed by atoms with Crippen molar-refractivity contribution < 1.29 is 9.18 Å². The lowest BCUT2D eigenvalue weighted by Gasteiger charge is -2.25. The second kappa shape index (κ2) is 7.23. The smallest absolute Gasteiger partial charge is 0.255 e. The largest absolute Gasteiger partial charge is 0.342 e. The zero-order valence-electron chi connectivity index (χ0n) is 12.6. The molecule has 1 saturated heterocycles. The van der Waals surface area contributed by atoms with Gasteiger partial charge in [-0.3, -0.25) is 4.79 Å². The molecule has 21 heavy (non-hydrogen) atoms. The Hall–Kier alpha value is -1.13. The van der Waals surface area contributed by atoms with E-state index < -0.39 is 5.82 Å². The molecule has 1 fully saturated rings. The van der Waals surface area contributed by atoms with E-state index in [1.54, 1.807) is 18.9 Å². The Labute approximate surface area is 130 Å². The molecule has 1 aliphatic heterocycles. The van der Waals surface area contributed by atoms with Gasteiger partial charge in [-0.2, -0.15) is 0 Å². The molecule has 0 bridgehead atoms. The van der Waals surface area contributed by atoms with Crippen LogP contribution in [0.1, 0.15) is 35.2 Å². The summed E-state index contributed by atoms with van der Waals surface area (Å²) in [4.78, 5) is 14.0. The third kappa shape index (κ3) is 4.17. The molecule has 3 nitrogen and oxygen atoms in total. The molecule has 1 aromatic rings. The van der Waals surface area contributed by atoms with Gasteiger partial charge < -0.3 is 10.2 Å². The number of nitrogens with zero attached hydrogens (tertiary/aromatic N) is 1. The summed E-state index contributed by atoms with van der Waals surface area (Å²) in [5.41, 5.74) is 0.696. The van der Waals surface area contributed by atoms with Gasteiger partial charge in [-0.05, 0) is 62.9 Å². The highest BCUT2D eigenvalue weighted by Gasteiger charge is 2.19. The van der Waals surface area contributed by atoms with Gasteiger partial charge in [0.05, 0.1) is 10.6 Å². The van der Waals surface area contributed by atoms with Crippen molar-refractivity contribution in [1.29, 1.82) is 0 Å². The number of amides is 1. The lowest BCUT2D eigenvalue weighted by Crippen LogP contribution is -2.32. The third-order valence-corrected chi connectivity index (χ3v) is 4.47.